The van der Waals surface area contributed by atoms with E-state index in [1.807, 2.05) is 6.92 Å². The maximum atomic E-state index is 12.5. The summed E-state index contributed by atoms with van der Waals surface area (Å²) in [5.41, 5.74) is -0.765. The van der Waals surface area contributed by atoms with Gasteiger partial charge in [0.2, 0.25) is 11.9 Å². The molecular weight excluding hydrogens is 400 g/mol. The van der Waals surface area contributed by atoms with Gasteiger partial charge in [0.1, 0.15) is 5.54 Å². The van der Waals surface area contributed by atoms with Crippen molar-refractivity contribution < 1.29 is 9.53 Å². The van der Waals surface area contributed by atoms with Gasteiger partial charge in [-0.3, -0.25) is 9.36 Å². The molecular formula is C21H32N6O2S. The number of hydrogen-bond acceptors (Lipinski definition) is 7. The van der Waals surface area contributed by atoms with Crippen LogP contribution in [0.15, 0.2) is 5.16 Å². The number of ether oxygens (including phenoxy) is 1. The Morgan fingerprint density at radius 2 is 2.07 bits per heavy atom. The zero-order valence-corrected chi connectivity index (χ0v) is 18.8. The highest BCUT2D eigenvalue weighted by molar-refractivity contribution is 7.99. The first-order chi connectivity index (χ1) is 14.5. The van der Waals surface area contributed by atoms with E-state index in [4.69, 9.17) is 4.74 Å². The topological polar surface area (TPSA) is 96.1 Å². The summed E-state index contributed by atoms with van der Waals surface area (Å²) in [6.45, 7) is 7.61. The van der Waals surface area contributed by atoms with Crippen LogP contribution in [0.4, 0.5) is 5.95 Å². The Bertz CT molecular complexity index is 790. The third kappa shape index (κ3) is 4.92. The molecule has 1 aliphatic carbocycles. The van der Waals surface area contributed by atoms with E-state index in [0.717, 1.165) is 81.8 Å². The highest BCUT2D eigenvalue weighted by Gasteiger charge is 2.43. The molecule has 1 aromatic rings. The van der Waals surface area contributed by atoms with Crippen molar-refractivity contribution in [1.29, 1.82) is 5.26 Å². The highest BCUT2D eigenvalue weighted by atomic mass is 32.2. The van der Waals surface area contributed by atoms with Gasteiger partial charge in [-0.25, -0.2) is 0 Å². The molecule has 3 heterocycles. The van der Waals surface area contributed by atoms with Gasteiger partial charge in [0.15, 0.2) is 5.16 Å². The molecule has 4 rings (SSSR count). The molecule has 30 heavy (non-hydrogen) atoms. The number of nitriles is 1. The number of hydrogen-bond donors (Lipinski definition) is 1. The van der Waals surface area contributed by atoms with E-state index < -0.39 is 5.54 Å². The molecule has 1 amide bonds. The Hall–Kier alpha value is -1.79. The van der Waals surface area contributed by atoms with Crippen LogP contribution in [0, 0.1) is 23.2 Å². The number of nitrogens with one attached hydrogen (secondary N) is 1. The van der Waals surface area contributed by atoms with Crippen LogP contribution in [0.1, 0.15) is 52.4 Å². The first-order valence-corrected chi connectivity index (χ1v) is 12.1. The lowest BCUT2D eigenvalue weighted by atomic mass is 9.98. The van der Waals surface area contributed by atoms with E-state index in [2.05, 4.69) is 38.0 Å². The molecule has 9 heteroatoms. The van der Waals surface area contributed by atoms with Gasteiger partial charge in [0, 0.05) is 19.7 Å². The lowest BCUT2D eigenvalue weighted by molar-refractivity contribution is -0.119. The van der Waals surface area contributed by atoms with Gasteiger partial charge in [-0.05, 0) is 57.3 Å². The van der Waals surface area contributed by atoms with Gasteiger partial charge in [-0.2, -0.15) is 5.26 Å². The Morgan fingerprint density at radius 3 is 2.70 bits per heavy atom. The van der Waals surface area contributed by atoms with Crippen molar-refractivity contribution in [2.75, 3.05) is 30.3 Å². The zero-order chi connectivity index (χ0) is 21.1. The average Bonchev–Trinajstić information content (AvgIpc) is 3.35. The number of carbonyl (C=O) groups is 1. The van der Waals surface area contributed by atoms with Gasteiger partial charge in [0.25, 0.3) is 0 Å². The minimum atomic E-state index is -0.765. The number of anilines is 1. The molecule has 2 aliphatic heterocycles. The fourth-order valence-electron chi connectivity index (χ4n) is 4.32. The van der Waals surface area contributed by atoms with Crippen molar-refractivity contribution in [1.82, 2.24) is 20.1 Å². The molecule has 2 saturated heterocycles. The smallest absolute Gasteiger partial charge is 0.231 e. The van der Waals surface area contributed by atoms with E-state index in [-0.39, 0.29) is 23.7 Å². The normalized spacial score (nSPS) is 24.4. The third-order valence-corrected chi connectivity index (χ3v) is 7.50. The zero-order valence-electron chi connectivity index (χ0n) is 18.0. The van der Waals surface area contributed by atoms with Gasteiger partial charge in [-0.15, -0.1) is 10.2 Å². The first-order valence-electron chi connectivity index (χ1n) is 11.1. The van der Waals surface area contributed by atoms with Crippen LogP contribution in [-0.4, -0.2) is 57.8 Å². The maximum absolute atomic E-state index is 12.5. The van der Waals surface area contributed by atoms with Crippen LogP contribution in [0.25, 0.3) is 0 Å². The Kier molecular flexibility index (Phi) is 6.54. The molecule has 1 aromatic heterocycles. The minimum absolute atomic E-state index is 0.129. The lowest BCUT2D eigenvalue weighted by Gasteiger charge is -2.31. The van der Waals surface area contributed by atoms with Crippen LogP contribution in [0.2, 0.25) is 0 Å². The fourth-order valence-corrected chi connectivity index (χ4v) is 5.06. The minimum Gasteiger partial charge on any atom is -0.376 e. The molecule has 0 unspecified atom stereocenters. The number of thioether (sulfide) groups is 1. The van der Waals surface area contributed by atoms with Gasteiger partial charge >= 0.3 is 0 Å². The highest BCUT2D eigenvalue weighted by Crippen LogP contribution is 2.39. The molecule has 0 aromatic carbocycles. The van der Waals surface area contributed by atoms with Crippen molar-refractivity contribution in [3.63, 3.8) is 0 Å². The number of nitrogens with zero attached hydrogens (tertiary/aromatic N) is 5. The van der Waals surface area contributed by atoms with Crippen LogP contribution in [-0.2, 0) is 16.1 Å². The Morgan fingerprint density at radius 1 is 1.30 bits per heavy atom. The Balaban J connectivity index is 1.43. The van der Waals surface area contributed by atoms with E-state index in [1.165, 1.54) is 11.8 Å². The SMILES string of the molecule is CC1CCN(c2nnc(SCC(=O)N[C@@](C)(C#N)C3CC3)n2C[C@H]2CCCO2)CC1. The predicted molar refractivity (Wildman–Crippen MR) is 115 cm³/mol. The summed E-state index contributed by atoms with van der Waals surface area (Å²) in [5, 5.41) is 22.1. The summed E-state index contributed by atoms with van der Waals surface area (Å²) < 4.78 is 7.99. The quantitative estimate of drug-likeness (QED) is 0.631. The van der Waals surface area contributed by atoms with E-state index in [1.54, 1.807) is 0 Å². The number of piperidine rings is 1. The van der Waals surface area contributed by atoms with E-state index >= 15 is 0 Å². The second-order valence-corrected chi connectivity index (χ2v) is 10.1. The largest absolute Gasteiger partial charge is 0.376 e. The number of aromatic nitrogens is 3. The van der Waals surface area contributed by atoms with E-state index in [9.17, 15) is 10.1 Å². The molecule has 0 radical (unpaired) electrons. The van der Waals surface area contributed by atoms with Crippen LogP contribution in [0.5, 0.6) is 0 Å². The predicted octanol–water partition coefficient (Wildman–Crippen LogP) is 2.59. The molecule has 0 spiro atoms. The fraction of sp³-hybridized carbons (Fsp3) is 0.810. The maximum Gasteiger partial charge on any atom is 0.231 e. The summed E-state index contributed by atoms with van der Waals surface area (Å²) in [7, 11) is 0. The lowest BCUT2D eigenvalue weighted by Crippen LogP contribution is -2.47. The van der Waals surface area contributed by atoms with E-state index in [0.29, 0.717) is 0 Å². The second-order valence-electron chi connectivity index (χ2n) is 9.12. The van der Waals surface area contributed by atoms with Crippen LogP contribution < -0.4 is 10.2 Å². The number of amides is 1. The van der Waals surface area contributed by atoms with Gasteiger partial charge < -0.3 is 15.0 Å². The standard InChI is InChI=1S/C21H32N6O2S/c1-15-7-9-26(10-8-15)19-24-25-20(27(19)12-17-4-3-11-29-17)30-13-18(28)23-21(2,14-22)16-5-6-16/h15-17H,3-13H2,1-2H3,(H,23,28)/t17-,21+/m1/s1. The number of carbonyl (C=O) groups excluding carboxylic acids is 1. The molecule has 2 atom stereocenters. The Labute approximate surface area is 182 Å². The van der Waals surface area contributed by atoms with Crippen LogP contribution >= 0.6 is 11.8 Å². The summed E-state index contributed by atoms with van der Waals surface area (Å²) >= 11 is 1.39. The van der Waals surface area contributed by atoms with Crippen molar-refractivity contribution in [3.05, 3.63) is 0 Å². The molecule has 164 valence electrons. The molecule has 3 aliphatic rings. The molecule has 1 saturated carbocycles. The molecule has 0 bridgehead atoms. The van der Waals surface area contributed by atoms with Gasteiger partial charge in [0.05, 0.1) is 24.5 Å². The second kappa shape index (κ2) is 9.15. The summed E-state index contributed by atoms with van der Waals surface area (Å²) in [4.78, 5) is 14.9. The molecule has 3 fully saturated rings. The summed E-state index contributed by atoms with van der Waals surface area (Å²) in [6.07, 6.45) is 6.63. The molecule has 8 nitrogen and oxygen atoms in total. The van der Waals surface area contributed by atoms with Crippen LogP contribution in [0.3, 0.4) is 0 Å². The average molecular weight is 433 g/mol. The summed E-state index contributed by atoms with van der Waals surface area (Å²) in [5.74, 6) is 2.00. The first kappa shape index (κ1) is 21.4. The van der Waals surface area contributed by atoms with Gasteiger partial charge in [-0.1, -0.05) is 18.7 Å². The number of rotatable bonds is 8. The van der Waals surface area contributed by atoms with Crippen molar-refractivity contribution >= 4 is 23.6 Å². The van der Waals surface area contributed by atoms with Crippen molar-refractivity contribution in [2.24, 2.45) is 11.8 Å². The molecule has 1 N–H and O–H groups in total. The third-order valence-electron chi connectivity index (χ3n) is 6.53. The monoisotopic (exact) mass is 432 g/mol. The van der Waals surface area contributed by atoms with Crippen molar-refractivity contribution in [3.8, 4) is 6.07 Å². The van der Waals surface area contributed by atoms with Crippen molar-refractivity contribution in [2.45, 2.75) is 75.7 Å². The summed E-state index contributed by atoms with van der Waals surface area (Å²) in [6, 6.07) is 2.28.